The van der Waals surface area contributed by atoms with Crippen LogP contribution in [0.4, 0.5) is 5.82 Å². The van der Waals surface area contributed by atoms with Gasteiger partial charge in [-0.3, -0.25) is 13.9 Å². The van der Waals surface area contributed by atoms with Crippen molar-refractivity contribution >= 4 is 50.0 Å². The molecule has 9 atom stereocenters. The van der Waals surface area contributed by atoms with Crippen LogP contribution in [0.25, 0.3) is 22.3 Å². The van der Waals surface area contributed by atoms with Gasteiger partial charge in [0.15, 0.2) is 41.1 Å². The number of aromatic nitrogens is 8. The summed E-state index contributed by atoms with van der Waals surface area (Å²) in [6.07, 6.45) is 1.18. The van der Waals surface area contributed by atoms with Crippen LogP contribution in [0, 0.1) is 5.92 Å². The number of nitrogens with zero attached hydrogens (tertiary/aromatic N) is 8. The Labute approximate surface area is 269 Å². The molecular formula is C28H32BrN9O8. The molecule has 18 heteroatoms. The zero-order valence-corrected chi connectivity index (χ0v) is 26.8. The lowest BCUT2D eigenvalue weighted by molar-refractivity contribution is -0.210. The van der Waals surface area contributed by atoms with Crippen molar-refractivity contribution in [2.75, 3.05) is 5.73 Å². The number of carboxylic acids is 1. The second kappa shape index (κ2) is 10.6. The van der Waals surface area contributed by atoms with Crippen molar-refractivity contribution in [2.45, 2.75) is 101 Å². The topological polar surface area (TPSA) is 206 Å². The van der Waals surface area contributed by atoms with Gasteiger partial charge in [0.25, 0.3) is 0 Å². The first-order valence-electron chi connectivity index (χ1n) is 14.9. The van der Waals surface area contributed by atoms with E-state index in [1.807, 2.05) is 27.7 Å². The van der Waals surface area contributed by atoms with Gasteiger partial charge in [-0.1, -0.05) is 0 Å². The van der Waals surface area contributed by atoms with Crippen molar-refractivity contribution in [3.8, 4) is 0 Å². The number of aliphatic carboxylic acids is 1. The fraction of sp³-hybridized carbons (Fsp3) is 0.607. The van der Waals surface area contributed by atoms with Gasteiger partial charge in [0.2, 0.25) is 0 Å². The van der Waals surface area contributed by atoms with E-state index in [1.54, 1.807) is 21.8 Å². The molecule has 8 rings (SSSR count). The van der Waals surface area contributed by atoms with E-state index in [4.69, 9.17) is 34.2 Å². The minimum absolute atomic E-state index is 0.218. The van der Waals surface area contributed by atoms with Crippen molar-refractivity contribution in [2.24, 2.45) is 5.92 Å². The van der Waals surface area contributed by atoms with Crippen LogP contribution in [0.1, 0.15) is 53.0 Å². The summed E-state index contributed by atoms with van der Waals surface area (Å²) in [4.78, 5) is 38.2. The highest BCUT2D eigenvalue weighted by Crippen LogP contribution is 2.50. The van der Waals surface area contributed by atoms with E-state index in [1.165, 1.54) is 12.7 Å². The summed E-state index contributed by atoms with van der Waals surface area (Å²) in [7, 11) is 0. The second-order valence-corrected chi connectivity index (χ2v) is 13.6. The Kier molecular flexibility index (Phi) is 6.88. The third-order valence-corrected chi connectivity index (χ3v) is 9.46. The number of anilines is 1. The molecule has 4 aliphatic heterocycles. The Morgan fingerprint density at radius 2 is 1.41 bits per heavy atom. The third kappa shape index (κ3) is 4.85. The maximum atomic E-state index is 12.3. The Bertz CT molecular complexity index is 1830. The van der Waals surface area contributed by atoms with Crippen molar-refractivity contribution in [3.63, 3.8) is 0 Å². The van der Waals surface area contributed by atoms with E-state index >= 15 is 0 Å². The minimum Gasteiger partial charge on any atom is -0.481 e. The molecule has 0 bridgehead atoms. The summed E-state index contributed by atoms with van der Waals surface area (Å²) in [5, 5.41) is 10.1. The lowest BCUT2D eigenvalue weighted by atomic mass is 9.87. The zero-order valence-electron chi connectivity index (χ0n) is 25.3. The summed E-state index contributed by atoms with van der Waals surface area (Å²) < 4.78 is 42.8. The van der Waals surface area contributed by atoms with Crippen LogP contribution in [0.5, 0.6) is 0 Å². The Morgan fingerprint density at radius 1 is 0.848 bits per heavy atom. The van der Waals surface area contributed by atoms with Crippen LogP contribution in [0.2, 0.25) is 0 Å². The average molecular weight is 703 g/mol. The minimum atomic E-state index is -0.988. The fourth-order valence-corrected chi connectivity index (χ4v) is 7.58. The Balaban J connectivity index is 1.13. The molecule has 0 radical (unpaired) electrons. The van der Waals surface area contributed by atoms with Gasteiger partial charge in [-0.15, -0.1) is 0 Å². The Morgan fingerprint density at radius 3 is 2.11 bits per heavy atom. The smallest absolute Gasteiger partial charge is 0.303 e. The molecule has 8 heterocycles. The van der Waals surface area contributed by atoms with Gasteiger partial charge in [0.1, 0.15) is 52.7 Å². The van der Waals surface area contributed by atoms with Gasteiger partial charge in [-0.05, 0) is 50.0 Å². The van der Waals surface area contributed by atoms with E-state index in [2.05, 4.69) is 45.8 Å². The SMILES string of the molecule is CC1(C)O[C@@H]2[C@H](O1)[C@@H](C(CC(=O)O)C[C@H]1O[C@@H](n3cnc4c(Br)ncnc43)[C@@H]3OC(C)(C)O[C@@H]31)O[C@H]2n1cnc2c(N)ncnc21. The number of carboxylic acid groups (broad SMARTS) is 1. The van der Waals surface area contributed by atoms with Gasteiger partial charge in [-0.25, -0.2) is 29.9 Å². The molecule has 0 saturated carbocycles. The van der Waals surface area contributed by atoms with Crippen molar-refractivity contribution in [3.05, 3.63) is 29.9 Å². The molecule has 0 spiro atoms. The molecule has 0 aliphatic carbocycles. The van der Waals surface area contributed by atoms with E-state index in [-0.39, 0.29) is 18.7 Å². The largest absolute Gasteiger partial charge is 0.481 e. The first-order chi connectivity index (χ1) is 21.9. The molecule has 3 N–H and O–H groups in total. The standard InChI is InChI=1S/C28H32BrN9O8/c1-27(2)43-17-12(41-25(19(17)45-27)37-9-35-14-21(29)31-7-33-23(14)37)5-11(6-13(39)40)16-18-20(46-28(3,4)44-18)26(42-16)38-10-36-15-22(30)32-8-34-24(15)38/h7-12,16-20,25-26H,5-6H2,1-4H3,(H,39,40)(H2,30,32,34)/t11?,12-,16-,17-,18-,19-,20-,25-,26-/m1/s1. The van der Waals surface area contributed by atoms with Crippen molar-refractivity contribution < 1.29 is 38.3 Å². The van der Waals surface area contributed by atoms with Gasteiger partial charge in [0.05, 0.1) is 31.3 Å². The molecular weight excluding hydrogens is 670 g/mol. The molecule has 46 heavy (non-hydrogen) atoms. The number of imidazole rings is 2. The van der Waals surface area contributed by atoms with Gasteiger partial charge in [-0.2, -0.15) is 0 Å². The summed E-state index contributed by atoms with van der Waals surface area (Å²) in [5.41, 5.74) is 8.07. The van der Waals surface area contributed by atoms with Gasteiger partial charge >= 0.3 is 5.97 Å². The molecule has 4 aromatic rings. The molecule has 0 aromatic carbocycles. The molecule has 4 fully saturated rings. The van der Waals surface area contributed by atoms with E-state index in [9.17, 15) is 9.90 Å². The molecule has 0 amide bonds. The lowest BCUT2D eigenvalue weighted by Crippen LogP contribution is -2.40. The van der Waals surface area contributed by atoms with Crippen LogP contribution < -0.4 is 5.73 Å². The van der Waals surface area contributed by atoms with E-state index in [0.717, 1.165) is 0 Å². The predicted octanol–water partition coefficient (Wildman–Crippen LogP) is 2.33. The molecule has 4 aromatic heterocycles. The second-order valence-electron chi connectivity index (χ2n) is 12.9. The van der Waals surface area contributed by atoms with Crippen molar-refractivity contribution in [1.82, 2.24) is 39.0 Å². The highest BCUT2D eigenvalue weighted by Gasteiger charge is 2.61. The van der Waals surface area contributed by atoms with Crippen LogP contribution in [0.3, 0.4) is 0 Å². The number of nitrogens with two attached hydrogens (primary N) is 1. The van der Waals surface area contributed by atoms with Crippen LogP contribution in [0.15, 0.2) is 29.9 Å². The van der Waals surface area contributed by atoms with E-state index < -0.39 is 72.5 Å². The fourth-order valence-electron chi connectivity index (χ4n) is 7.21. The predicted molar refractivity (Wildman–Crippen MR) is 159 cm³/mol. The van der Waals surface area contributed by atoms with Crippen molar-refractivity contribution in [1.29, 1.82) is 0 Å². The highest BCUT2D eigenvalue weighted by atomic mass is 79.9. The number of rotatable bonds is 7. The summed E-state index contributed by atoms with van der Waals surface area (Å²) in [6, 6.07) is 0. The monoisotopic (exact) mass is 701 g/mol. The maximum absolute atomic E-state index is 12.3. The number of hydrogen-bond donors (Lipinski definition) is 2. The molecule has 4 aliphatic rings. The molecule has 17 nitrogen and oxygen atoms in total. The number of nitrogen functional groups attached to an aromatic ring is 1. The maximum Gasteiger partial charge on any atom is 0.303 e. The molecule has 4 saturated heterocycles. The zero-order chi connectivity index (χ0) is 32.1. The molecule has 1 unspecified atom stereocenters. The molecule has 244 valence electrons. The highest BCUT2D eigenvalue weighted by molar-refractivity contribution is 9.10. The number of ether oxygens (including phenoxy) is 6. The first kappa shape index (κ1) is 30.0. The first-order valence-corrected chi connectivity index (χ1v) is 15.7. The quantitative estimate of drug-likeness (QED) is 0.265. The number of halogens is 1. The van der Waals surface area contributed by atoms with Gasteiger partial charge < -0.3 is 39.3 Å². The van der Waals surface area contributed by atoms with Crippen LogP contribution in [-0.2, 0) is 33.2 Å². The lowest BCUT2D eigenvalue weighted by Gasteiger charge is -2.31. The normalized spacial score (nSPS) is 33.5. The number of hydrogen-bond acceptors (Lipinski definition) is 14. The summed E-state index contributed by atoms with van der Waals surface area (Å²) in [6.45, 7) is 7.31. The number of fused-ring (bicyclic) bond motifs is 4. The summed E-state index contributed by atoms with van der Waals surface area (Å²) >= 11 is 3.43. The Hall–Kier alpha value is -3.39. The summed E-state index contributed by atoms with van der Waals surface area (Å²) in [5.74, 6) is -3.18. The van der Waals surface area contributed by atoms with Crippen LogP contribution >= 0.6 is 15.9 Å². The number of carbonyl (C=O) groups is 1. The van der Waals surface area contributed by atoms with Crippen LogP contribution in [-0.4, -0.2) is 98.3 Å². The van der Waals surface area contributed by atoms with Gasteiger partial charge in [0, 0.05) is 5.92 Å². The van der Waals surface area contributed by atoms with E-state index in [0.29, 0.717) is 26.9 Å². The third-order valence-electron chi connectivity index (χ3n) is 8.88. The average Bonchev–Trinajstić information content (AvgIpc) is 3.80.